The maximum Gasteiger partial charge on any atom is 0.322 e. The highest BCUT2D eigenvalue weighted by molar-refractivity contribution is 7.14. The maximum atomic E-state index is 11.9. The monoisotopic (exact) mass is 293 g/mol. The van der Waals surface area contributed by atoms with Crippen LogP contribution in [-0.4, -0.2) is 47.3 Å². The Kier molecular flexibility index (Phi) is 3.43. The number of nitrogens with one attached hydrogen (secondary N) is 1. The second-order valence-corrected chi connectivity index (χ2v) is 6.02. The molecule has 2 fully saturated rings. The molecule has 6 nitrogen and oxygen atoms in total. The van der Waals surface area contributed by atoms with E-state index in [4.69, 9.17) is 0 Å². The van der Waals surface area contributed by atoms with Gasteiger partial charge in [0, 0.05) is 38.4 Å². The highest BCUT2D eigenvalue weighted by Gasteiger charge is 2.37. The van der Waals surface area contributed by atoms with E-state index in [0.29, 0.717) is 32.5 Å². The number of amides is 4. The molecule has 7 heteroatoms. The molecule has 0 atom stereocenters. The number of hydrogen-bond acceptors (Lipinski definition) is 4. The second kappa shape index (κ2) is 5.24. The molecule has 3 rings (SSSR count). The Morgan fingerprint density at radius 1 is 1.30 bits per heavy atom. The molecule has 2 aliphatic heterocycles. The van der Waals surface area contributed by atoms with Crippen molar-refractivity contribution in [2.45, 2.75) is 12.8 Å². The van der Waals surface area contributed by atoms with E-state index in [2.05, 4.69) is 5.32 Å². The van der Waals surface area contributed by atoms with Gasteiger partial charge in [0.15, 0.2) is 0 Å². The zero-order valence-corrected chi connectivity index (χ0v) is 11.7. The number of nitrogens with zero attached hydrogens (tertiary/aromatic N) is 2. The lowest BCUT2D eigenvalue weighted by Crippen LogP contribution is -2.55. The summed E-state index contributed by atoms with van der Waals surface area (Å²) in [5, 5.41) is 5.54. The normalized spacial score (nSPS) is 19.4. The number of hydrogen-bond donors (Lipinski definition) is 1. The summed E-state index contributed by atoms with van der Waals surface area (Å²) in [5.74, 6) is 0.0306. The summed E-state index contributed by atoms with van der Waals surface area (Å²) < 4.78 is 0. The number of carbonyl (C=O) groups excluding carboxylic acids is 3. The van der Waals surface area contributed by atoms with Crippen LogP contribution in [0.25, 0.3) is 0 Å². The largest absolute Gasteiger partial charge is 0.324 e. The fourth-order valence-electron chi connectivity index (χ4n) is 2.47. The molecule has 4 amide bonds. The first-order valence-corrected chi connectivity index (χ1v) is 7.44. The lowest BCUT2D eigenvalue weighted by Gasteiger charge is -2.40. The van der Waals surface area contributed by atoms with Crippen LogP contribution in [0.2, 0.25) is 0 Å². The predicted octanol–water partition coefficient (Wildman–Crippen LogP) is 1.36. The summed E-state index contributed by atoms with van der Waals surface area (Å²) in [7, 11) is 0. The van der Waals surface area contributed by atoms with E-state index in [-0.39, 0.29) is 23.8 Å². The van der Waals surface area contributed by atoms with Crippen LogP contribution in [0.1, 0.15) is 12.8 Å². The first-order valence-electron chi connectivity index (χ1n) is 6.56. The Morgan fingerprint density at radius 3 is 2.60 bits per heavy atom. The van der Waals surface area contributed by atoms with Gasteiger partial charge in [0.25, 0.3) is 0 Å². The summed E-state index contributed by atoms with van der Waals surface area (Å²) in [5.41, 5.74) is 0. The number of thiophene rings is 1. The fraction of sp³-hybridized carbons (Fsp3) is 0.462. The van der Waals surface area contributed by atoms with Crippen molar-refractivity contribution in [1.29, 1.82) is 0 Å². The van der Waals surface area contributed by atoms with Gasteiger partial charge >= 0.3 is 6.03 Å². The molecule has 1 N–H and O–H groups in total. The average Bonchev–Trinajstić information content (AvgIpc) is 2.96. The zero-order chi connectivity index (χ0) is 14.1. The third-order valence-electron chi connectivity index (χ3n) is 3.59. The smallest absolute Gasteiger partial charge is 0.322 e. The minimum Gasteiger partial charge on any atom is -0.324 e. The van der Waals surface area contributed by atoms with Gasteiger partial charge in [-0.2, -0.15) is 0 Å². The standard InChI is InChI=1S/C13H15N3O3S/c17-11-3-4-12(18)16(11)8-9-6-15(7-9)13(19)14-10-2-1-5-20-10/h1-2,5,9H,3-4,6-8H2,(H,14,19). The number of imide groups is 1. The minimum atomic E-state index is -0.122. The van der Waals surface area contributed by atoms with Gasteiger partial charge in [-0.15, -0.1) is 11.3 Å². The molecule has 0 spiro atoms. The molecule has 0 unspecified atom stereocenters. The minimum absolute atomic E-state index is 0.0866. The first-order chi connectivity index (χ1) is 9.63. The van der Waals surface area contributed by atoms with Gasteiger partial charge < -0.3 is 4.90 Å². The van der Waals surface area contributed by atoms with Crippen molar-refractivity contribution >= 4 is 34.2 Å². The molecular formula is C13H15N3O3S. The molecule has 1 aromatic heterocycles. The van der Waals surface area contributed by atoms with Gasteiger partial charge in [0.05, 0.1) is 5.00 Å². The van der Waals surface area contributed by atoms with E-state index in [1.807, 2.05) is 17.5 Å². The van der Waals surface area contributed by atoms with E-state index in [9.17, 15) is 14.4 Å². The molecule has 3 heterocycles. The van der Waals surface area contributed by atoms with Crippen LogP contribution in [0.5, 0.6) is 0 Å². The Morgan fingerprint density at radius 2 is 2.00 bits per heavy atom. The molecule has 106 valence electrons. The van der Waals surface area contributed by atoms with Crippen LogP contribution < -0.4 is 5.32 Å². The van der Waals surface area contributed by atoms with E-state index < -0.39 is 0 Å². The Hall–Kier alpha value is -1.89. The summed E-state index contributed by atoms with van der Waals surface area (Å²) in [6.07, 6.45) is 0.655. The molecule has 1 aromatic rings. The van der Waals surface area contributed by atoms with Crippen LogP contribution in [0.4, 0.5) is 9.80 Å². The molecule has 0 saturated carbocycles. The van der Waals surface area contributed by atoms with Crippen LogP contribution in [0.15, 0.2) is 17.5 Å². The van der Waals surface area contributed by atoms with Crippen LogP contribution in [-0.2, 0) is 9.59 Å². The van der Waals surface area contributed by atoms with Crippen molar-refractivity contribution < 1.29 is 14.4 Å². The third kappa shape index (κ3) is 2.53. The molecule has 0 radical (unpaired) electrons. The van der Waals surface area contributed by atoms with Crippen molar-refractivity contribution in [3.8, 4) is 0 Å². The van der Waals surface area contributed by atoms with Crippen molar-refractivity contribution in [1.82, 2.24) is 9.80 Å². The molecule has 20 heavy (non-hydrogen) atoms. The van der Waals surface area contributed by atoms with E-state index in [1.165, 1.54) is 16.2 Å². The van der Waals surface area contributed by atoms with Crippen molar-refractivity contribution in [3.63, 3.8) is 0 Å². The predicted molar refractivity (Wildman–Crippen MR) is 74.4 cm³/mol. The zero-order valence-electron chi connectivity index (χ0n) is 10.9. The highest BCUT2D eigenvalue weighted by atomic mass is 32.1. The summed E-state index contributed by atoms with van der Waals surface area (Å²) in [6, 6.07) is 3.60. The number of likely N-dealkylation sites (tertiary alicyclic amines) is 2. The van der Waals surface area contributed by atoms with Crippen molar-refractivity contribution in [3.05, 3.63) is 17.5 Å². The maximum absolute atomic E-state index is 11.9. The van der Waals surface area contributed by atoms with E-state index in [0.717, 1.165) is 5.00 Å². The Labute approximate surface area is 120 Å². The van der Waals surface area contributed by atoms with Crippen molar-refractivity contribution in [2.24, 2.45) is 5.92 Å². The van der Waals surface area contributed by atoms with Crippen molar-refractivity contribution in [2.75, 3.05) is 25.0 Å². The lowest BCUT2D eigenvalue weighted by molar-refractivity contribution is -0.139. The van der Waals surface area contributed by atoms with Gasteiger partial charge in [-0.25, -0.2) is 4.79 Å². The van der Waals surface area contributed by atoms with Crippen LogP contribution >= 0.6 is 11.3 Å². The molecule has 2 aliphatic rings. The van der Waals surface area contributed by atoms with Gasteiger partial charge in [-0.3, -0.25) is 19.8 Å². The summed E-state index contributed by atoms with van der Waals surface area (Å²) >= 11 is 1.47. The third-order valence-corrected chi connectivity index (χ3v) is 4.38. The number of rotatable bonds is 3. The second-order valence-electron chi connectivity index (χ2n) is 5.08. The molecule has 2 saturated heterocycles. The number of urea groups is 1. The Balaban J connectivity index is 1.45. The molecule has 0 aliphatic carbocycles. The molecule has 0 bridgehead atoms. The highest BCUT2D eigenvalue weighted by Crippen LogP contribution is 2.22. The first kappa shape index (κ1) is 13.1. The molecule has 0 aromatic carbocycles. The van der Waals surface area contributed by atoms with E-state index >= 15 is 0 Å². The SMILES string of the molecule is O=C(Nc1cccs1)N1CC(CN2C(=O)CCC2=O)C1. The topological polar surface area (TPSA) is 69.7 Å². The fourth-order valence-corrected chi connectivity index (χ4v) is 3.08. The summed E-state index contributed by atoms with van der Waals surface area (Å²) in [4.78, 5) is 37.9. The van der Waals surface area contributed by atoms with Gasteiger partial charge in [-0.05, 0) is 17.5 Å². The summed E-state index contributed by atoms with van der Waals surface area (Å²) in [6.45, 7) is 1.63. The Bertz CT molecular complexity index is 521. The molecular weight excluding hydrogens is 278 g/mol. The quantitative estimate of drug-likeness (QED) is 0.856. The van der Waals surface area contributed by atoms with E-state index in [1.54, 1.807) is 4.90 Å². The van der Waals surface area contributed by atoms with Gasteiger partial charge in [0.2, 0.25) is 11.8 Å². The van der Waals surface area contributed by atoms with Gasteiger partial charge in [0.1, 0.15) is 0 Å². The number of anilines is 1. The van der Waals surface area contributed by atoms with Crippen LogP contribution in [0, 0.1) is 5.92 Å². The average molecular weight is 293 g/mol. The lowest BCUT2D eigenvalue weighted by atomic mass is 10.0. The van der Waals surface area contributed by atoms with Gasteiger partial charge in [-0.1, -0.05) is 0 Å². The van der Waals surface area contributed by atoms with Crippen LogP contribution in [0.3, 0.4) is 0 Å². The number of carbonyl (C=O) groups is 3.